The molecule has 27 nitrogen and oxygen atoms in total. The van der Waals surface area contributed by atoms with Crippen LogP contribution in [0.4, 0.5) is 5.69 Å². The number of cyclic esters (lactones) is 1. The molecule has 7 amide bonds. The fourth-order valence-corrected chi connectivity index (χ4v) is 9.92. The number of carbonyl (C=O) groups excluding carboxylic acids is 8. The summed E-state index contributed by atoms with van der Waals surface area (Å²) < 4.78 is 10.3. The van der Waals surface area contributed by atoms with E-state index in [1.54, 1.807) is 11.8 Å². The molecule has 7 atom stereocenters. The van der Waals surface area contributed by atoms with Gasteiger partial charge in [0.1, 0.15) is 30.2 Å². The van der Waals surface area contributed by atoms with Gasteiger partial charge in [0.15, 0.2) is 0 Å². The van der Waals surface area contributed by atoms with Crippen LogP contribution in [0.1, 0.15) is 82.8 Å². The van der Waals surface area contributed by atoms with E-state index in [1.807, 2.05) is 30.0 Å². The molecule has 0 bridgehead atoms. The van der Waals surface area contributed by atoms with Crippen molar-refractivity contribution in [1.82, 2.24) is 52.3 Å². The first-order chi connectivity index (χ1) is 37.3. The fourth-order valence-electron chi connectivity index (χ4n) is 9.92. The number of anilines is 1. The smallest absolute Gasteiger partial charge is 0.317 e. The molecule has 78 heavy (non-hydrogen) atoms. The van der Waals surface area contributed by atoms with E-state index >= 15 is 0 Å². The van der Waals surface area contributed by atoms with Gasteiger partial charge >= 0.3 is 23.9 Å². The second-order valence-electron chi connectivity index (χ2n) is 20.2. The highest BCUT2D eigenvalue weighted by atomic mass is 16.7. The fraction of sp³-hybridized carbons (Fsp3) is 0.667. The van der Waals surface area contributed by atoms with E-state index in [2.05, 4.69) is 42.5 Å². The number of hydrogen-bond acceptors (Lipinski definition) is 17. The van der Waals surface area contributed by atoms with E-state index in [4.69, 9.17) is 14.6 Å². The molecular formula is C51H77N11O16. The Labute approximate surface area is 452 Å². The maximum absolute atomic E-state index is 14.3. The number of aliphatic carboxylic acids is 3. The maximum atomic E-state index is 14.3. The van der Waals surface area contributed by atoms with Crippen LogP contribution in [0.3, 0.4) is 0 Å². The van der Waals surface area contributed by atoms with Gasteiger partial charge in [-0.2, -0.15) is 0 Å². The average Bonchev–Trinajstić information content (AvgIpc) is 4.02. The molecule has 11 N–H and O–H groups in total. The van der Waals surface area contributed by atoms with Crippen molar-refractivity contribution < 1.29 is 77.5 Å². The molecule has 0 aliphatic carbocycles. The van der Waals surface area contributed by atoms with Gasteiger partial charge in [-0.05, 0) is 74.7 Å². The van der Waals surface area contributed by atoms with Crippen molar-refractivity contribution in [2.75, 3.05) is 90.5 Å². The molecule has 0 radical (unpaired) electrons. The van der Waals surface area contributed by atoms with E-state index in [1.165, 1.54) is 12.0 Å². The summed E-state index contributed by atoms with van der Waals surface area (Å²) in [6.45, 7) is 6.49. The van der Waals surface area contributed by atoms with Gasteiger partial charge in [0.25, 0.3) is 0 Å². The van der Waals surface area contributed by atoms with Crippen LogP contribution in [-0.2, 0) is 75.1 Å². The predicted molar refractivity (Wildman–Crippen MR) is 277 cm³/mol. The third kappa shape index (κ3) is 19.3. The Bertz CT molecular complexity index is 2320. The molecule has 0 aromatic heterocycles. The molecule has 0 spiro atoms. The molecule has 2 saturated heterocycles. The lowest BCUT2D eigenvalue weighted by Gasteiger charge is -2.32. The van der Waals surface area contributed by atoms with E-state index in [9.17, 15) is 63.0 Å². The van der Waals surface area contributed by atoms with Crippen molar-refractivity contribution in [3.05, 3.63) is 29.3 Å². The van der Waals surface area contributed by atoms with Gasteiger partial charge in [0.05, 0.1) is 31.7 Å². The minimum Gasteiger partial charge on any atom is -0.481 e. The molecule has 4 heterocycles. The van der Waals surface area contributed by atoms with Gasteiger partial charge in [-0.25, -0.2) is 0 Å². The summed E-state index contributed by atoms with van der Waals surface area (Å²) in [4.78, 5) is 145. The maximum Gasteiger partial charge on any atom is 0.317 e. The molecule has 1 aromatic rings. The zero-order valence-corrected chi connectivity index (χ0v) is 44.6. The Kier molecular flexibility index (Phi) is 24.6. The van der Waals surface area contributed by atoms with Crippen LogP contribution >= 0.6 is 0 Å². The van der Waals surface area contributed by atoms with Gasteiger partial charge < -0.3 is 67.3 Å². The lowest BCUT2D eigenvalue weighted by atomic mass is 9.97. The number of benzene rings is 1. The minimum absolute atomic E-state index is 0.0214. The van der Waals surface area contributed by atoms with E-state index in [0.717, 1.165) is 24.0 Å². The third-order valence-electron chi connectivity index (χ3n) is 14.3. The number of carboxylic acids is 3. The molecule has 4 aliphatic rings. The Balaban J connectivity index is 1.02. The van der Waals surface area contributed by atoms with Crippen LogP contribution in [0.25, 0.3) is 0 Å². The highest BCUT2D eigenvalue weighted by molar-refractivity contribution is 6.08. The summed E-state index contributed by atoms with van der Waals surface area (Å²) in [5.41, 5.74) is 2.22. The number of esters is 1. The van der Waals surface area contributed by atoms with E-state index < -0.39 is 108 Å². The number of para-hydroxylation sites is 1. The van der Waals surface area contributed by atoms with Crippen molar-refractivity contribution in [2.24, 2.45) is 11.8 Å². The minimum atomic E-state index is -1.18. The number of rotatable bonds is 33. The molecule has 1 aromatic carbocycles. The number of methoxy groups -OCH3 is 1. The lowest BCUT2D eigenvalue weighted by Crippen LogP contribution is -2.59. The third-order valence-corrected chi connectivity index (χ3v) is 14.3. The Hall–Kier alpha value is -6.81. The molecule has 5 rings (SSSR count). The summed E-state index contributed by atoms with van der Waals surface area (Å²) in [5, 5.41) is 49.6. The number of likely N-dealkylation sites (tertiary alicyclic amines) is 1. The van der Waals surface area contributed by atoms with Crippen molar-refractivity contribution in [3.8, 4) is 0 Å². The van der Waals surface area contributed by atoms with Gasteiger partial charge in [-0.3, -0.25) is 67.4 Å². The summed E-state index contributed by atoms with van der Waals surface area (Å²) in [6.07, 6.45) is 0.785. The number of hydrogen-bond donors (Lipinski definition) is 11. The van der Waals surface area contributed by atoms with E-state index in [0.29, 0.717) is 70.3 Å². The van der Waals surface area contributed by atoms with E-state index in [-0.39, 0.29) is 77.2 Å². The van der Waals surface area contributed by atoms with Crippen molar-refractivity contribution in [1.29, 1.82) is 0 Å². The normalized spacial score (nSPS) is 20.3. The monoisotopic (exact) mass is 1100 g/mol. The standard InChI is InChI=1S/C51H77N11O16/c1-4-30(2)45(49(75)57-35-9-8-32-6-5-7-33-24-37(62(46(32)33)50(35)76)48(74)58-36-25-44(72)78-51(36)77-3)59-39(64)13-16-54-38(63)12-17-55-47(73)34(10-11-41(66)67)56-40(65)28-60-20-14-31(15-21-60)26-52-18-22-61(29-43(70)71)23-19-53-27-42(68)69/h5-7,30-31,34-37,45,51-53H,4,8-29H2,1-3H3,(H,54,63)(H,55,73)(H,56,65)(H,57,75)(H,58,74)(H,59,64)(H,66,67)(H,68,69)(H,70,71)/t30-,34+,35-,36+,37-,45-,51+/m0/s1. The SMILES string of the molecule is CC[C@H](C)[C@H](NC(=O)CCNC(=O)CCNC(=O)[C@@H](CCC(=O)O)NC(=O)CN1CCC(CNCCN(CCNCC(=O)O)CC(=O)O)CC1)C(=O)N[C@H]1CCc2cccc3c2N(C1=O)[C@H](C(=O)N[C@@H]1CC(=O)O[C@H]1OC)C3. The second-order valence-corrected chi connectivity index (χ2v) is 20.2. The second kappa shape index (κ2) is 31.0. The molecular weight excluding hydrogens is 1020 g/mol. The number of nitrogens with zero attached hydrogens (tertiary/aromatic N) is 3. The molecule has 0 unspecified atom stereocenters. The van der Waals surface area contributed by atoms with Gasteiger partial charge in [0.2, 0.25) is 47.6 Å². The quantitative estimate of drug-likeness (QED) is 0.0247. The zero-order valence-electron chi connectivity index (χ0n) is 44.6. The highest BCUT2D eigenvalue weighted by Crippen LogP contribution is 2.39. The first kappa shape index (κ1) is 62.0. The Morgan fingerprint density at radius 3 is 2.15 bits per heavy atom. The van der Waals surface area contributed by atoms with Gasteiger partial charge in [-0.1, -0.05) is 38.5 Å². The topological polar surface area (TPSA) is 373 Å². The van der Waals surface area contributed by atoms with Crippen LogP contribution in [0, 0.1) is 11.8 Å². The van der Waals surface area contributed by atoms with Crippen LogP contribution in [-0.4, -0.2) is 212 Å². The Morgan fingerprint density at radius 1 is 0.782 bits per heavy atom. The van der Waals surface area contributed by atoms with Gasteiger partial charge in [-0.15, -0.1) is 0 Å². The molecule has 2 fully saturated rings. The molecule has 0 saturated carbocycles. The lowest BCUT2D eigenvalue weighted by molar-refractivity contribution is -0.160. The molecule has 27 heteroatoms. The van der Waals surface area contributed by atoms with Crippen molar-refractivity contribution in [3.63, 3.8) is 0 Å². The van der Waals surface area contributed by atoms with Crippen LogP contribution in [0.5, 0.6) is 0 Å². The van der Waals surface area contributed by atoms with Crippen LogP contribution in [0.2, 0.25) is 0 Å². The number of carboxylic acid groups (broad SMARTS) is 3. The zero-order chi connectivity index (χ0) is 56.9. The summed E-state index contributed by atoms with van der Waals surface area (Å²) in [6, 6.07) is 0.528. The summed E-state index contributed by atoms with van der Waals surface area (Å²) in [5.74, 6) is -7.57. The molecule has 4 aliphatic heterocycles. The number of amides is 7. The molecule has 432 valence electrons. The Morgan fingerprint density at radius 2 is 1.47 bits per heavy atom. The number of nitrogens with one attached hydrogen (secondary N) is 8. The summed E-state index contributed by atoms with van der Waals surface area (Å²) >= 11 is 0. The predicted octanol–water partition coefficient (Wildman–Crippen LogP) is -2.97. The van der Waals surface area contributed by atoms with Crippen molar-refractivity contribution in [2.45, 2.75) is 121 Å². The number of carbonyl (C=O) groups is 11. The van der Waals surface area contributed by atoms with Gasteiger partial charge in [0, 0.05) is 72.1 Å². The van der Waals surface area contributed by atoms with Crippen molar-refractivity contribution >= 4 is 70.9 Å². The highest BCUT2D eigenvalue weighted by Gasteiger charge is 2.46. The largest absolute Gasteiger partial charge is 0.481 e. The van der Waals surface area contributed by atoms with Crippen LogP contribution in [0.15, 0.2) is 18.2 Å². The average molecular weight is 1100 g/mol. The first-order valence-corrected chi connectivity index (χ1v) is 26.7. The summed E-state index contributed by atoms with van der Waals surface area (Å²) in [7, 11) is 1.35. The number of ether oxygens (including phenoxy) is 2. The number of aryl methyl sites for hydroxylation is 1. The first-order valence-electron chi connectivity index (χ1n) is 26.7. The van der Waals surface area contributed by atoms with Crippen LogP contribution < -0.4 is 47.4 Å². The number of piperidine rings is 1.